The number of benzene rings is 3. The van der Waals surface area contributed by atoms with Crippen LogP contribution in [-0.2, 0) is 22.5 Å². The molecule has 0 atom stereocenters. The van der Waals surface area contributed by atoms with Crippen molar-refractivity contribution in [3.63, 3.8) is 0 Å². The van der Waals surface area contributed by atoms with Gasteiger partial charge in [0.15, 0.2) is 0 Å². The van der Waals surface area contributed by atoms with Gasteiger partial charge in [-0.25, -0.2) is 0 Å². The molecule has 5 heteroatoms. The summed E-state index contributed by atoms with van der Waals surface area (Å²) in [5, 5.41) is 6.62. The van der Waals surface area contributed by atoms with Gasteiger partial charge in [-0.15, -0.1) is 0 Å². The number of carbonyl (C=O) groups is 1. The van der Waals surface area contributed by atoms with E-state index in [-0.39, 0.29) is 17.9 Å². The van der Waals surface area contributed by atoms with E-state index in [0.717, 1.165) is 47.8 Å². The van der Waals surface area contributed by atoms with E-state index in [1.54, 1.807) is 4.57 Å². The van der Waals surface area contributed by atoms with Crippen molar-refractivity contribution in [1.82, 2.24) is 4.57 Å². The van der Waals surface area contributed by atoms with Crippen LogP contribution in [0.25, 0.3) is 21.5 Å². The Morgan fingerprint density at radius 1 is 0.906 bits per heavy atom. The zero-order valence-corrected chi connectivity index (χ0v) is 17.9. The molecule has 0 bridgehead atoms. The van der Waals surface area contributed by atoms with Gasteiger partial charge in [0.25, 0.3) is 5.56 Å². The number of aromatic nitrogens is 1. The summed E-state index contributed by atoms with van der Waals surface area (Å²) < 4.78 is 7.22. The van der Waals surface area contributed by atoms with Crippen molar-refractivity contribution in [2.45, 2.75) is 25.8 Å². The van der Waals surface area contributed by atoms with Gasteiger partial charge in [0.05, 0.1) is 6.42 Å². The smallest absolute Gasteiger partial charge is 0.258 e. The highest BCUT2D eigenvalue weighted by Crippen LogP contribution is 2.24. The Bertz CT molecular complexity index is 1330. The molecule has 1 aliphatic rings. The van der Waals surface area contributed by atoms with Crippen LogP contribution in [0.4, 0.5) is 5.69 Å². The molecule has 0 saturated carbocycles. The molecule has 0 spiro atoms. The Morgan fingerprint density at radius 2 is 1.66 bits per heavy atom. The molecule has 0 radical (unpaired) electrons. The van der Waals surface area contributed by atoms with Gasteiger partial charge >= 0.3 is 0 Å². The fourth-order valence-electron chi connectivity index (χ4n) is 4.59. The molecule has 0 aliphatic carbocycles. The maximum absolute atomic E-state index is 13.1. The Kier molecular flexibility index (Phi) is 5.73. The lowest BCUT2D eigenvalue weighted by Gasteiger charge is -2.23. The third-order valence-electron chi connectivity index (χ3n) is 6.32. The predicted molar refractivity (Wildman–Crippen MR) is 128 cm³/mol. The summed E-state index contributed by atoms with van der Waals surface area (Å²) in [5.41, 5.74) is 1.64. The van der Waals surface area contributed by atoms with Crippen molar-refractivity contribution in [3.8, 4) is 0 Å². The normalized spacial score (nSPS) is 14.6. The number of anilines is 1. The summed E-state index contributed by atoms with van der Waals surface area (Å²) in [7, 11) is 0. The second kappa shape index (κ2) is 8.97. The molecule has 0 unspecified atom stereocenters. The van der Waals surface area contributed by atoms with E-state index in [0.29, 0.717) is 23.5 Å². The maximum Gasteiger partial charge on any atom is 0.258 e. The van der Waals surface area contributed by atoms with E-state index in [4.69, 9.17) is 4.74 Å². The number of fused-ring (bicyclic) bond motifs is 2. The van der Waals surface area contributed by atoms with Crippen molar-refractivity contribution in [3.05, 3.63) is 88.8 Å². The van der Waals surface area contributed by atoms with E-state index in [1.807, 2.05) is 72.9 Å². The Hall–Kier alpha value is -3.44. The molecule has 1 amide bonds. The fraction of sp³-hybridized carbons (Fsp3) is 0.259. The zero-order valence-electron chi connectivity index (χ0n) is 17.9. The average molecular weight is 427 g/mol. The maximum atomic E-state index is 13.1. The number of nitrogens with one attached hydrogen (secondary N) is 1. The molecule has 1 fully saturated rings. The lowest BCUT2D eigenvalue weighted by molar-refractivity contribution is -0.115. The molecule has 2 heterocycles. The number of carbonyl (C=O) groups excluding carboxylic acids is 1. The first-order valence-corrected chi connectivity index (χ1v) is 11.2. The Labute approximate surface area is 186 Å². The van der Waals surface area contributed by atoms with Crippen molar-refractivity contribution < 1.29 is 9.53 Å². The van der Waals surface area contributed by atoms with Crippen LogP contribution in [0.15, 0.2) is 77.7 Å². The minimum atomic E-state index is -0.0970. The van der Waals surface area contributed by atoms with Crippen LogP contribution in [0.2, 0.25) is 0 Å². The molecule has 1 aromatic heterocycles. The number of hydrogen-bond donors (Lipinski definition) is 1. The highest BCUT2D eigenvalue weighted by Gasteiger charge is 2.16. The lowest BCUT2D eigenvalue weighted by atomic mass is 10.00. The average Bonchev–Trinajstić information content (AvgIpc) is 2.82. The Morgan fingerprint density at radius 3 is 2.53 bits per heavy atom. The highest BCUT2D eigenvalue weighted by molar-refractivity contribution is 6.03. The molecule has 32 heavy (non-hydrogen) atoms. The molecule has 3 aromatic carbocycles. The second-order valence-corrected chi connectivity index (χ2v) is 8.46. The van der Waals surface area contributed by atoms with Gasteiger partial charge in [0, 0.05) is 42.4 Å². The van der Waals surface area contributed by atoms with Crippen LogP contribution in [0.3, 0.4) is 0 Å². The number of amides is 1. The topological polar surface area (TPSA) is 60.3 Å². The number of nitrogens with zero attached hydrogens (tertiary/aromatic N) is 1. The van der Waals surface area contributed by atoms with E-state index < -0.39 is 0 Å². The van der Waals surface area contributed by atoms with Crippen LogP contribution in [0.1, 0.15) is 18.4 Å². The van der Waals surface area contributed by atoms with E-state index in [9.17, 15) is 9.59 Å². The molecule has 162 valence electrons. The first kappa shape index (κ1) is 20.5. The van der Waals surface area contributed by atoms with Crippen molar-refractivity contribution in [2.75, 3.05) is 18.5 Å². The van der Waals surface area contributed by atoms with Gasteiger partial charge in [0.2, 0.25) is 5.91 Å². The summed E-state index contributed by atoms with van der Waals surface area (Å²) in [6.45, 7) is 2.23. The van der Waals surface area contributed by atoms with Crippen molar-refractivity contribution in [1.29, 1.82) is 0 Å². The SMILES string of the molecule is O=C(Cc1cccc2ccccc12)Nc1cccc2c(=O)n(CC3CCOCC3)ccc12. The first-order valence-electron chi connectivity index (χ1n) is 11.2. The number of ether oxygens (including phenoxy) is 1. The third-order valence-corrected chi connectivity index (χ3v) is 6.32. The molecule has 4 aromatic rings. The second-order valence-electron chi connectivity index (χ2n) is 8.46. The van der Waals surface area contributed by atoms with Gasteiger partial charge in [-0.1, -0.05) is 48.5 Å². The largest absolute Gasteiger partial charge is 0.381 e. The lowest BCUT2D eigenvalue weighted by Crippen LogP contribution is -2.27. The standard InChI is InChI=1S/C27H26N2O3/c30-26(17-21-7-3-6-20-5-1-2-8-22(20)21)28-25-10-4-9-24-23(25)11-14-29(27(24)31)18-19-12-15-32-16-13-19/h1-11,14,19H,12-13,15-18H2,(H,28,30). The molecule has 1 saturated heterocycles. The van der Waals surface area contributed by atoms with E-state index in [2.05, 4.69) is 5.32 Å². The van der Waals surface area contributed by atoms with Crippen LogP contribution < -0.4 is 10.9 Å². The number of pyridine rings is 1. The van der Waals surface area contributed by atoms with E-state index in [1.165, 1.54) is 0 Å². The number of hydrogen-bond acceptors (Lipinski definition) is 3. The van der Waals surface area contributed by atoms with Crippen molar-refractivity contribution >= 4 is 33.1 Å². The van der Waals surface area contributed by atoms with Crippen LogP contribution in [0.5, 0.6) is 0 Å². The van der Waals surface area contributed by atoms with Gasteiger partial charge in [-0.2, -0.15) is 0 Å². The first-order chi connectivity index (χ1) is 15.7. The number of rotatable bonds is 5. The Balaban J connectivity index is 1.38. The molecular weight excluding hydrogens is 400 g/mol. The van der Waals surface area contributed by atoms with Gasteiger partial charge in [0.1, 0.15) is 0 Å². The minimum Gasteiger partial charge on any atom is -0.381 e. The third kappa shape index (κ3) is 4.16. The van der Waals surface area contributed by atoms with Crippen LogP contribution in [-0.4, -0.2) is 23.7 Å². The van der Waals surface area contributed by atoms with Crippen LogP contribution in [0, 0.1) is 5.92 Å². The molecule has 1 N–H and O–H groups in total. The summed E-state index contributed by atoms with van der Waals surface area (Å²) in [5.74, 6) is 0.364. The van der Waals surface area contributed by atoms with Crippen LogP contribution >= 0.6 is 0 Å². The fourth-order valence-corrected chi connectivity index (χ4v) is 4.59. The highest BCUT2D eigenvalue weighted by atomic mass is 16.5. The van der Waals surface area contributed by atoms with E-state index >= 15 is 0 Å². The molecular formula is C27H26N2O3. The minimum absolute atomic E-state index is 0.0147. The molecule has 5 nitrogen and oxygen atoms in total. The monoisotopic (exact) mass is 426 g/mol. The molecule has 1 aliphatic heterocycles. The summed E-state index contributed by atoms with van der Waals surface area (Å²) in [6.07, 6.45) is 4.09. The van der Waals surface area contributed by atoms with Gasteiger partial charge in [-0.05, 0) is 53.3 Å². The van der Waals surface area contributed by atoms with Crippen molar-refractivity contribution in [2.24, 2.45) is 5.92 Å². The summed E-state index contributed by atoms with van der Waals surface area (Å²) in [4.78, 5) is 26.0. The van der Waals surface area contributed by atoms with Gasteiger partial charge < -0.3 is 14.6 Å². The summed E-state index contributed by atoms with van der Waals surface area (Å²) in [6, 6.07) is 21.5. The molecule has 5 rings (SSSR count). The van der Waals surface area contributed by atoms with Gasteiger partial charge in [-0.3, -0.25) is 9.59 Å². The summed E-state index contributed by atoms with van der Waals surface area (Å²) >= 11 is 0. The quantitative estimate of drug-likeness (QED) is 0.500. The zero-order chi connectivity index (χ0) is 21.9. The predicted octanol–water partition coefficient (Wildman–Crippen LogP) is 4.76.